The number of benzene rings is 1. The van der Waals surface area contributed by atoms with E-state index in [2.05, 4.69) is 11.9 Å². The van der Waals surface area contributed by atoms with Crippen molar-refractivity contribution in [2.75, 3.05) is 20.1 Å². The van der Waals surface area contributed by atoms with Crippen LogP contribution in [0.15, 0.2) is 12.1 Å². The van der Waals surface area contributed by atoms with Gasteiger partial charge >= 0.3 is 0 Å². The highest BCUT2D eigenvalue weighted by molar-refractivity contribution is 8.93. The number of hydrogen-bond acceptors (Lipinski definition) is 3. The van der Waals surface area contributed by atoms with Gasteiger partial charge in [-0.3, -0.25) is 0 Å². The number of phenolic OH excluding ortho intramolecular Hbond substituents is 2. The van der Waals surface area contributed by atoms with Crippen LogP contribution in [0.3, 0.4) is 0 Å². The Morgan fingerprint density at radius 2 is 2.00 bits per heavy atom. The molecule has 0 bridgehead atoms. The summed E-state index contributed by atoms with van der Waals surface area (Å²) in [6.07, 6.45) is 2.02. The van der Waals surface area contributed by atoms with Crippen molar-refractivity contribution in [1.82, 2.24) is 4.90 Å². The predicted molar refractivity (Wildman–Crippen MR) is 72.1 cm³/mol. The maximum Gasteiger partial charge on any atom is 0.160 e. The summed E-state index contributed by atoms with van der Waals surface area (Å²) in [6, 6.07) is 3.61. The minimum Gasteiger partial charge on any atom is -0.504 e. The molecule has 4 heteroatoms. The van der Waals surface area contributed by atoms with Crippen LogP contribution in [0.5, 0.6) is 11.5 Å². The predicted octanol–water partition coefficient (Wildman–Crippen LogP) is 2.27. The van der Waals surface area contributed by atoms with Crippen molar-refractivity contribution in [3.05, 3.63) is 23.3 Å². The molecule has 0 aromatic heterocycles. The molecule has 17 heavy (non-hydrogen) atoms. The molecule has 2 N–H and O–H groups in total. The van der Waals surface area contributed by atoms with Gasteiger partial charge in [0.15, 0.2) is 11.5 Å². The van der Waals surface area contributed by atoms with Gasteiger partial charge in [0, 0.05) is 24.6 Å². The lowest BCUT2D eigenvalue weighted by molar-refractivity contribution is 0.375. The third-order valence-corrected chi connectivity index (χ3v) is 4.09. The van der Waals surface area contributed by atoms with Gasteiger partial charge in [0.1, 0.15) is 0 Å². The van der Waals surface area contributed by atoms with Gasteiger partial charge in [0.25, 0.3) is 0 Å². The molecule has 1 aliphatic carbocycles. The molecule has 0 radical (unpaired) electrons. The van der Waals surface area contributed by atoms with Crippen molar-refractivity contribution >= 4 is 17.0 Å². The van der Waals surface area contributed by atoms with Crippen LogP contribution in [-0.4, -0.2) is 35.3 Å². The summed E-state index contributed by atoms with van der Waals surface area (Å²) in [5.41, 5.74) is 2.22. The first-order chi connectivity index (χ1) is 7.66. The number of nitrogens with zero attached hydrogens (tertiary/aromatic N) is 1. The summed E-state index contributed by atoms with van der Waals surface area (Å²) in [5.74, 6) is 1.38. The molecule has 1 aromatic rings. The number of phenols is 2. The molecule has 0 saturated carbocycles. The second-order valence-corrected chi connectivity index (χ2v) is 5.13. The van der Waals surface area contributed by atoms with E-state index in [0.29, 0.717) is 5.92 Å². The van der Waals surface area contributed by atoms with Crippen molar-refractivity contribution < 1.29 is 10.2 Å². The minimum atomic E-state index is 0. The van der Waals surface area contributed by atoms with Gasteiger partial charge < -0.3 is 15.1 Å². The number of hydrogen-bond donors (Lipinski definition) is 2. The van der Waals surface area contributed by atoms with Gasteiger partial charge in [-0.2, -0.15) is 0 Å². The Hall–Kier alpha value is -0.740. The maximum atomic E-state index is 9.87. The van der Waals surface area contributed by atoms with E-state index in [1.54, 1.807) is 6.07 Å². The van der Waals surface area contributed by atoms with Crippen molar-refractivity contribution in [3.63, 3.8) is 0 Å². The first-order valence-corrected chi connectivity index (χ1v) is 5.89. The van der Waals surface area contributed by atoms with Gasteiger partial charge in [0.2, 0.25) is 0 Å². The van der Waals surface area contributed by atoms with Crippen molar-refractivity contribution in [3.8, 4) is 11.5 Å². The first-order valence-electron chi connectivity index (χ1n) is 5.89. The molecule has 1 fully saturated rings. The van der Waals surface area contributed by atoms with Gasteiger partial charge in [-0.15, -0.1) is 17.0 Å². The van der Waals surface area contributed by atoms with Crippen LogP contribution >= 0.6 is 17.0 Å². The molecular formula is C13H18BrNO2. The van der Waals surface area contributed by atoms with Crippen molar-refractivity contribution in [1.29, 1.82) is 0 Å². The molecule has 3 rings (SSSR count). The molecule has 1 heterocycles. The molecule has 2 unspecified atom stereocenters. The van der Waals surface area contributed by atoms with E-state index in [0.717, 1.165) is 37.4 Å². The lowest BCUT2D eigenvalue weighted by atomic mass is 9.77. The molecule has 2 atom stereocenters. The highest BCUT2D eigenvalue weighted by Crippen LogP contribution is 2.45. The number of halogens is 1. The monoisotopic (exact) mass is 299 g/mol. The smallest absolute Gasteiger partial charge is 0.160 e. The Morgan fingerprint density at radius 3 is 2.76 bits per heavy atom. The van der Waals surface area contributed by atoms with Crippen molar-refractivity contribution in [2.24, 2.45) is 5.92 Å². The first kappa shape index (κ1) is 12.7. The van der Waals surface area contributed by atoms with Crippen LogP contribution in [0.1, 0.15) is 23.5 Å². The summed E-state index contributed by atoms with van der Waals surface area (Å²) in [6.45, 7) is 2.23. The topological polar surface area (TPSA) is 43.7 Å². The average Bonchev–Trinajstić information content (AvgIpc) is 2.63. The van der Waals surface area contributed by atoms with E-state index in [-0.39, 0.29) is 28.5 Å². The Balaban J connectivity index is 0.00000108. The fourth-order valence-electron chi connectivity index (χ4n) is 3.31. The minimum absolute atomic E-state index is 0. The van der Waals surface area contributed by atoms with E-state index in [1.165, 1.54) is 5.56 Å². The zero-order valence-electron chi connectivity index (χ0n) is 9.89. The highest BCUT2D eigenvalue weighted by atomic mass is 79.9. The van der Waals surface area contributed by atoms with Gasteiger partial charge in [0.05, 0.1) is 0 Å². The summed E-state index contributed by atoms with van der Waals surface area (Å²) in [4.78, 5) is 2.36. The number of likely N-dealkylation sites (tertiary alicyclic amines) is 1. The van der Waals surface area contributed by atoms with Gasteiger partial charge in [-0.05, 0) is 37.4 Å². The Labute approximate surface area is 112 Å². The molecule has 3 nitrogen and oxygen atoms in total. The number of fused-ring (bicyclic) bond motifs is 3. The second kappa shape index (κ2) is 4.50. The summed E-state index contributed by atoms with van der Waals surface area (Å²) < 4.78 is 0. The molecule has 1 aliphatic heterocycles. The van der Waals surface area contributed by atoms with E-state index in [4.69, 9.17) is 0 Å². The van der Waals surface area contributed by atoms with E-state index in [1.807, 2.05) is 6.07 Å². The van der Waals surface area contributed by atoms with E-state index >= 15 is 0 Å². The zero-order chi connectivity index (χ0) is 11.3. The van der Waals surface area contributed by atoms with E-state index < -0.39 is 0 Å². The number of aromatic hydroxyl groups is 2. The standard InChI is InChI=1S/C13H17NO2.BrH/c1-14-6-8-2-3-10-9(11(8)7-14)4-5-12(15)13(10)16;/h4-5,8,11,15-16H,2-3,6-7H2,1H3;1H. The second-order valence-electron chi connectivity index (χ2n) is 5.13. The van der Waals surface area contributed by atoms with Gasteiger partial charge in [-0.1, -0.05) is 6.07 Å². The Kier molecular flexibility index (Phi) is 3.36. The molecule has 2 aliphatic rings. The molecule has 0 spiro atoms. The van der Waals surface area contributed by atoms with Crippen LogP contribution in [-0.2, 0) is 6.42 Å². The molecule has 0 amide bonds. The van der Waals surface area contributed by atoms with Crippen LogP contribution in [0, 0.1) is 5.92 Å². The van der Waals surface area contributed by atoms with Gasteiger partial charge in [-0.25, -0.2) is 0 Å². The van der Waals surface area contributed by atoms with Crippen molar-refractivity contribution in [2.45, 2.75) is 18.8 Å². The summed E-state index contributed by atoms with van der Waals surface area (Å²) in [7, 11) is 2.15. The van der Waals surface area contributed by atoms with Crippen LogP contribution in [0.2, 0.25) is 0 Å². The normalized spacial score (nSPS) is 27.1. The maximum absolute atomic E-state index is 9.87. The molecule has 1 saturated heterocycles. The van der Waals surface area contributed by atoms with Crippen LogP contribution in [0.4, 0.5) is 0 Å². The number of likely N-dealkylation sites (N-methyl/N-ethyl adjacent to an activating group) is 1. The third kappa shape index (κ3) is 1.93. The molecule has 94 valence electrons. The molecular weight excluding hydrogens is 282 g/mol. The Bertz CT molecular complexity index is 436. The summed E-state index contributed by atoms with van der Waals surface area (Å²) >= 11 is 0. The SMILES string of the molecule is Br.CN1CC2CCc3c(ccc(O)c3O)C2C1. The highest BCUT2D eigenvalue weighted by Gasteiger charge is 2.37. The largest absolute Gasteiger partial charge is 0.504 e. The zero-order valence-corrected chi connectivity index (χ0v) is 11.6. The third-order valence-electron chi connectivity index (χ3n) is 4.09. The fraction of sp³-hybridized carbons (Fsp3) is 0.538. The quantitative estimate of drug-likeness (QED) is 0.722. The Morgan fingerprint density at radius 1 is 1.24 bits per heavy atom. The van der Waals surface area contributed by atoms with Crippen LogP contribution in [0.25, 0.3) is 0 Å². The lowest BCUT2D eigenvalue weighted by Gasteiger charge is -2.28. The molecule has 1 aromatic carbocycles. The summed E-state index contributed by atoms with van der Waals surface area (Å²) in [5, 5.41) is 19.4. The van der Waals surface area contributed by atoms with E-state index in [9.17, 15) is 10.2 Å². The number of rotatable bonds is 0. The lowest BCUT2D eigenvalue weighted by Crippen LogP contribution is -2.18. The fourth-order valence-corrected chi connectivity index (χ4v) is 3.31. The average molecular weight is 300 g/mol. The van der Waals surface area contributed by atoms with Crippen LogP contribution < -0.4 is 0 Å².